The van der Waals surface area contributed by atoms with Crippen LogP contribution in [0.3, 0.4) is 0 Å². The number of benzene rings is 2. The van der Waals surface area contributed by atoms with Gasteiger partial charge >= 0.3 is 0 Å². The summed E-state index contributed by atoms with van der Waals surface area (Å²) in [6, 6.07) is 15.6. The molecule has 3 rings (SSSR count). The second-order valence-corrected chi connectivity index (χ2v) is 5.32. The monoisotopic (exact) mass is 308 g/mol. The first-order valence-electron chi connectivity index (χ1n) is 7.56. The van der Waals surface area contributed by atoms with Gasteiger partial charge in [-0.25, -0.2) is 4.39 Å². The van der Waals surface area contributed by atoms with E-state index in [4.69, 9.17) is 0 Å². The summed E-state index contributed by atoms with van der Waals surface area (Å²) >= 11 is 0. The molecule has 0 N–H and O–H groups in total. The van der Waals surface area contributed by atoms with Gasteiger partial charge in [-0.2, -0.15) is 0 Å². The highest BCUT2D eigenvalue weighted by Crippen LogP contribution is 2.19. The zero-order valence-corrected chi connectivity index (χ0v) is 12.9. The topological polar surface area (TPSA) is 33.2 Å². The van der Waals surface area contributed by atoms with Crippen molar-refractivity contribution in [3.05, 3.63) is 77.7 Å². The van der Waals surface area contributed by atoms with Gasteiger partial charge in [0.1, 0.15) is 5.82 Å². The SMILES string of the molecule is CCN(Cc1cccc(F)c1)C(=O)c1ccnc2ccccc12. The van der Waals surface area contributed by atoms with Crippen molar-refractivity contribution in [1.82, 2.24) is 9.88 Å². The Morgan fingerprint density at radius 2 is 1.96 bits per heavy atom. The van der Waals surface area contributed by atoms with Gasteiger partial charge in [-0.1, -0.05) is 30.3 Å². The summed E-state index contributed by atoms with van der Waals surface area (Å²) in [6.45, 7) is 2.84. The van der Waals surface area contributed by atoms with Crippen molar-refractivity contribution in [3.8, 4) is 0 Å². The molecule has 1 amide bonds. The lowest BCUT2D eigenvalue weighted by atomic mass is 10.1. The van der Waals surface area contributed by atoms with Crippen molar-refractivity contribution in [1.29, 1.82) is 0 Å². The molecule has 0 radical (unpaired) electrons. The van der Waals surface area contributed by atoms with Crippen LogP contribution in [-0.4, -0.2) is 22.3 Å². The fourth-order valence-corrected chi connectivity index (χ4v) is 2.64. The summed E-state index contributed by atoms with van der Waals surface area (Å²) < 4.78 is 13.3. The molecule has 2 aromatic carbocycles. The third-order valence-electron chi connectivity index (χ3n) is 3.81. The van der Waals surface area contributed by atoms with Crippen molar-refractivity contribution >= 4 is 16.8 Å². The summed E-state index contributed by atoms with van der Waals surface area (Å²) in [5.74, 6) is -0.365. The molecule has 0 saturated carbocycles. The van der Waals surface area contributed by atoms with Gasteiger partial charge in [-0.05, 0) is 36.8 Å². The Balaban J connectivity index is 1.93. The predicted molar refractivity (Wildman–Crippen MR) is 88.6 cm³/mol. The lowest BCUT2D eigenvalue weighted by Crippen LogP contribution is -2.30. The normalized spacial score (nSPS) is 10.7. The summed E-state index contributed by atoms with van der Waals surface area (Å²) in [7, 11) is 0. The van der Waals surface area contributed by atoms with E-state index in [0.717, 1.165) is 16.5 Å². The third-order valence-corrected chi connectivity index (χ3v) is 3.81. The molecule has 0 atom stereocenters. The number of aromatic nitrogens is 1. The smallest absolute Gasteiger partial charge is 0.254 e. The number of para-hydroxylation sites is 1. The van der Waals surface area contributed by atoms with Gasteiger partial charge in [-0.3, -0.25) is 9.78 Å². The maximum atomic E-state index is 13.3. The summed E-state index contributed by atoms with van der Waals surface area (Å²) in [6.07, 6.45) is 1.64. The Morgan fingerprint density at radius 1 is 1.13 bits per heavy atom. The zero-order chi connectivity index (χ0) is 16.2. The fraction of sp³-hybridized carbons (Fsp3) is 0.158. The molecule has 3 nitrogen and oxygen atoms in total. The lowest BCUT2D eigenvalue weighted by molar-refractivity contribution is 0.0754. The Hall–Kier alpha value is -2.75. The molecule has 0 saturated heterocycles. The van der Waals surface area contributed by atoms with Crippen LogP contribution in [0.25, 0.3) is 10.9 Å². The number of hydrogen-bond donors (Lipinski definition) is 0. The highest BCUT2D eigenvalue weighted by molar-refractivity contribution is 6.05. The van der Waals surface area contributed by atoms with Gasteiger partial charge in [0.25, 0.3) is 5.91 Å². The number of fused-ring (bicyclic) bond motifs is 1. The molecule has 0 aliphatic carbocycles. The van der Waals surface area contributed by atoms with Crippen molar-refractivity contribution < 1.29 is 9.18 Å². The molecule has 116 valence electrons. The lowest BCUT2D eigenvalue weighted by Gasteiger charge is -2.22. The van der Waals surface area contributed by atoms with Crippen LogP contribution in [0.1, 0.15) is 22.8 Å². The van der Waals surface area contributed by atoms with Crippen molar-refractivity contribution in [2.75, 3.05) is 6.54 Å². The van der Waals surface area contributed by atoms with Gasteiger partial charge in [0.2, 0.25) is 0 Å². The minimum absolute atomic E-state index is 0.0737. The number of amides is 1. The molecule has 23 heavy (non-hydrogen) atoms. The average molecular weight is 308 g/mol. The second kappa shape index (κ2) is 6.57. The largest absolute Gasteiger partial charge is 0.335 e. The third kappa shape index (κ3) is 3.21. The van der Waals surface area contributed by atoms with Gasteiger partial charge < -0.3 is 4.90 Å². The summed E-state index contributed by atoms with van der Waals surface area (Å²) in [4.78, 5) is 18.9. The minimum Gasteiger partial charge on any atom is -0.335 e. The van der Waals surface area contributed by atoms with Crippen LogP contribution in [0.15, 0.2) is 60.8 Å². The molecule has 4 heteroatoms. The van der Waals surface area contributed by atoms with Crippen molar-refractivity contribution in [3.63, 3.8) is 0 Å². The first kappa shape index (κ1) is 15.2. The predicted octanol–water partition coefficient (Wildman–Crippen LogP) is 4.04. The minimum atomic E-state index is -0.291. The van der Waals surface area contributed by atoms with E-state index in [2.05, 4.69) is 4.98 Å². The molecule has 0 unspecified atom stereocenters. The van der Waals surface area contributed by atoms with Gasteiger partial charge in [0.05, 0.1) is 11.1 Å². The number of halogens is 1. The molecule has 0 bridgehead atoms. The van der Waals surface area contributed by atoms with Crippen LogP contribution < -0.4 is 0 Å². The van der Waals surface area contributed by atoms with Gasteiger partial charge in [0, 0.05) is 24.7 Å². The Morgan fingerprint density at radius 3 is 2.74 bits per heavy atom. The van der Waals surface area contributed by atoms with Crippen LogP contribution in [0.2, 0.25) is 0 Å². The highest BCUT2D eigenvalue weighted by atomic mass is 19.1. The fourth-order valence-electron chi connectivity index (χ4n) is 2.64. The number of carbonyl (C=O) groups excluding carboxylic acids is 1. The van der Waals surface area contributed by atoms with E-state index >= 15 is 0 Å². The van der Waals surface area contributed by atoms with E-state index in [9.17, 15) is 9.18 Å². The molecule has 0 aliphatic heterocycles. The van der Waals surface area contributed by atoms with Gasteiger partial charge in [0.15, 0.2) is 0 Å². The van der Waals surface area contributed by atoms with Crippen LogP contribution in [-0.2, 0) is 6.54 Å². The quantitative estimate of drug-likeness (QED) is 0.729. The van der Waals surface area contributed by atoms with E-state index in [-0.39, 0.29) is 11.7 Å². The second-order valence-electron chi connectivity index (χ2n) is 5.32. The number of carbonyl (C=O) groups is 1. The Bertz CT molecular complexity index is 842. The molecule has 0 spiro atoms. The Labute approximate surface area is 134 Å². The van der Waals surface area contributed by atoms with E-state index in [0.29, 0.717) is 18.7 Å². The van der Waals surface area contributed by atoms with Crippen LogP contribution in [0.5, 0.6) is 0 Å². The van der Waals surface area contributed by atoms with Gasteiger partial charge in [-0.15, -0.1) is 0 Å². The van der Waals surface area contributed by atoms with Crippen molar-refractivity contribution in [2.45, 2.75) is 13.5 Å². The van der Waals surface area contributed by atoms with E-state index < -0.39 is 0 Å². The first-order valence-corrected chi connectivity index (χ1v) is 7.56. The molecule has 1 heterocycles. The number of nitrogens with zero attached hydrogens (tertiary/aromatic N) is 2. The van der Waals surface area contributed by atoms with Crippen molar-refractivity contribution in [2.24, 2.45) is 0 Å². The molecule has 3 aromatic rings. The standard InChI is InChI=1S/C19H17FN2O/c1-2-22(13-14-6-5-7-15(20)12-14)19(23)17-10-11-21-18-9-4-3-8-16(17)18/h3-12H,2,13H2,1H3. The molecule has 0 fully saturated rings. The Kier molecular flexibility index (Phi) is 4.33. The average Bonchev–Trinajstić information content (AvgIpc) is 2.58. The first-order chi connectivity index (χ1) is 11.2. The summed E-state index contributed by atoms with van der Waals surface area (Å²) in [5.41, 5.74) is 2.19. The van der Waals surface area contributed by atoms with E-state index in [1.54, 1.807) is 23.2 Å². The van der Waals surface area contributed by atoms with Crippen LogP contribution in [0.4, 0.5) is 4.39 Å². The maximum absolute atomic E-state index is 13.3. The highest BCUT2D eigenvalue weighted by Gasteiger charge is 2.17. The number of pyridine rings is 1. The van der Waals surface area contributed by atoms with E-state index in [1.807, 2.05) is 37.3 Å². The number of rotatable bonds is 4. The summed E-state index contributed by atoms with van der Waals surface area (Å²) in [5, 5.41) is 0.831. The molecule has 0 aliphatic rings. The molecular formula is C19H17FN2O. The van der Waals surface area contributed by atoms with Crippen LogP contribution >= 0.6 is 0 Å². The number of hydrogen-bond acceptors (Lipinski definition) is 2. The molecular weight excluding hydrogens is 291 g/mol. The maximum Gasteiger partial charge on any atom is 0.254 e. The molecule has 1 aromatic heterocycles. The van der Waals surface area contributed by atoms with E-state index in [1.165, 1.54) is 12.1 Å². The zero-order valence-electron chi connectivity index (χ0n) is 12.9. The van der Waals surface area contributed by atoms with Crippen LogP contribution in [0, 0.1) is 5.82 Å².